The third kappa shape index (κ3) is 4.84. The summed E-state index contributed by atoms with van der Waals surface area (Å²) in [5.41, 5.74) is 1.67. The zero-order valence-electron chi connectivity index (χ0n) is 17.9. The number of allylic oxidation sites excluding steroid dienone is 3. The fourth-order valence-electron chi connectivity index (χ4n) is 4.03. The monoisotopic (exact) mass is 473 g/mol. The molecule has 0 fully saturated rings. The van der Waals surface area contributed by atoms with E-state index in [9.17, 15) is 19.6 Å². The lowest BCUT2D eigenvalue weighted by molar-refractivity contribution is -0.150. The van der Waals surface area contributed by atoms with Gasteiger partial charge in [0.05, 0.1) is 29.5 Å². The summed E-state index contributed by atoms with van der Waals surface area (Å²) in [5, 5.41) is 13.2. The molecule has 9 heteroatoms. The highest BCUT2D eigenvalue weighted by Crippen LogP contribution is 2.42. The number of carbonyl (C=O) groups excluding carboxylic acids is 3. The van der Waals surface area contributed by atoms with Crippen molar-refractivity contribution in [2.75, 3.05) is 19.4 Å². The summed E-state index contributed by atoms with van der Waals surface area (Å²) in [6.45, 7) is 2.47. The Balaban J connectivity index is 1.94. The number of amides is 2. The highest BCUT2D eigenvalue weighted by molar-refractivity contribution is 8.03. The van der Waals surface area contributed by atoms with Crippen LogP contribution in [0, 0.1) is 17.2 Å². The number of nitrogens with one attached hydrogen (secondary N) is 1. The second-order valence-corrected chi connectivity index (χ2v) is 8.75. The normalized spacial score (nSPS) is 20.3. The van der Waals surface area contributed by atoms with Crippen LogP contribution in [0.4, 0.5) is 0 Å². The first-order chi connectivity index (χ1) is 15.4. The van der Waals surface area contributed by atoms with E-state index >= 15 is 0 Å². The highest BCUT2D eigenvalue weighted by Gasteiger charge is 2.45. The van der Waals surface area contributed by atoms with Gasteiger partial charge in [-0.3, -0.25) is 14.4 Å². The standard InChI is InChI=1S/C23H24ClN3O4S/c1-3-27(14-8-4-5-9-14)18(28)13-32-22-16(12-25)19(15-10-6-7-11-17(15)24)20(21(29)26-22)23(30)31-2/h6-8,10-11,19-20H,3-5,9,13H2,1-2H3,(H,26,29). The van der Waals surface area contributed by atoms with Crippen LogP contribution in [0.5, 0.6) is 0 Å². The van der Waals surface area contributed by atoms with Gasteiger partial charge in [-0.2, -0.15) is 5.26 Å². The first-order valence-electron chi connectivity index (χ1n) is 10.3. The number of nitrogens with zero attached hydrogens (tertiary/aromatic N) is 2. The van der Waals surface area contributed by atoms with Gasteiger partial charge in [0, 0.05) is 23.2 Å². The molecule has 2 aliphatic rings. The van der Waals surface area contributed by atoms with Gasteiger partial charge in [-0.05, 0) is 37.8 Å². The van der Waals surface area contributed by atoms with E-state index in [0.29, 0.717) is 17.1 Å². The number of carbonyl (C=O) groups is 3. The number of methoxy groups -OCH3 is 1. The van der Waals surface area contributed by atoms with Crippen molar-refractivity contribution in [1.29, 1.82) is 5.26 Å². The van der Waals surface area contributed by atoms with Gasteiger partial charge in [-0.25, -0.2) is 0 Å². The summed E-state index contributed by atoms with van der Waals surface area (Å²) in [7, 11) is 1.19. The molecular formula is C23H24ClN3O4S. The van der Waals surface area contributed by atoms with Crippen molar-refractivity contribution in [3.05, 3.63) is 57.2 Å². The van der Waals surface area contributed by atoms with Gasteiger partial charge in [0.1, 0.15) is 5.92 Å². The number of hydrogen-bond donors (Lipinski definition) is 1. The fourth-order valence-corrected chi connectivity index (χ4v) is 5.21. The summed E-state index contributed by atoms with van der Waals surface area (Å²) in [6.07, 6.45) is 4.92. The van der Waals surface area contributed by atoms with E-state index in [1.807, 2.05) is 6.92 Å². The molecule has 168 valence electrons. The van der Waals surface area contributed by atoms with Crippen molar-refractivity contribution in [1.82, 2.24) is 10.2 Å². The average Bonchev–Trinajstić information content (AvgIpc) is 3.32. The molecule has 0 spiro atoms. The van der Waals surface area contributed by atoms with Gasteiger partial charge in [0.25, 0.3) is 0 Å². The average molecular weight is 474 g/mol. The molecule has 0 aromatic heterocycles. The van der Waals surface area contributed by atoms with Crippen LogP contribution in [-0.2, 0) is 19.1 Å². The van der Waals surface area contributed by atoms with Gasteiger partial charge in [-0.15, -0.1) is 0 Å². The van der Waals surface area contributed by atoms with Gasteiger partial charge in [0.2, 0.25) is 11.8 Å². The summed E-state index contributed by atoms with van der Waals surface area (Å²) in [6, 6.07) is 8.89. The molecule has 0 saturated heterocycles. The van der Waals surface area contributed by atoms with Gasteiger partial charge in [-0.1, -0.05) is 47.6 Å². The molecule has 1 aliphatic heterocycles. The largest absolute Gasteiger partial charge is 0.468 e. The second-order valence-electron chi connectivity index (χ2n) is 7.36. The summed E-state index contributed by atoms with van der Waals surface area (Å²) >= 11 is 7.44. The third-order valence-electron chi connectivity index (χ3n) is 5.54. The molecule has 3 rings (SSSR count). The molecule has 2 amide bonds. The number of thioether (sulfide) groups is 1. The molecule has 32 heavy (non-hydrogen) atoms. The number of rotatable bonds is 7. The Morgan fingerprint density at radius 1 is 1.38 bits per heavy atom. The zero-order valence-corrected chi connectivity index (χ0v) is 19.5. The Bertz CT molecular complexity index is 1030. The maximum Gasteiger partial charge on any atom is 0.319 e. The minimum atomic E-state index is -1.26. The second kappa shape index (κ2) is 10.7. The first-order valence-corrected chi connectivity index (χ1v) is 11.7. The van der Waals surface area contributed by atoms with Crippen molar-refractivity contribution in [2.24, 2.45) is 5.92 Å². The molecule has 0 saturated carbocycles. The van der Waals surface area contributed by atoms with Crippen molar-refractivity contribution in [3.63, 3.8) is 0 Å². The quantitative estimate of drug-likeness (QED) is 0.478. The van der Waals surface area contributed by atoms with Crippen molar-refractivity contribution in [2.45, 2.75) is 32.1 Å². The van der Waals surface area contributed by atoms with E-state index in [0.717, 1.165) is 36.7 Å². The molecule has 1 aromatic rings. The van der Waals surface area contributed by atoms with Crippen molar-refractivity contribution >= 4 is 41.1 Å². The summed E-state index contributed by atoms with van der Waals surface area (Å²) in [4.78, 5) is 39.9. The van der Waals surface area contributed by atoms with E-state index < -0.39 is 23.7 Å². The lowest BCUT2D eigenvalue weighted by atomic mass is 9.78. The van der Waals surface area contributed by atoms with Crippen LogP contribution in [0.25, 0.3) is 0 Å². The Labute approximate surface area is 196 Å². The molecule has 7 nitrogen and oxygen atoms in total. The van der Waals surface area contributed by atoms with E-state index in [4.69, 9.17) is 16.3 Å². The van der Waals surface area contributed by atoms with E-state index in [1.54, 1.807) is 29.2 Å². The van der Waals surface area contributed by atoms with Crippen LogP contribution in [0.1, 0.15) is 37.7 Å². The third-order valence-corrected chi connectivity index (χ3v) is 6.89. The topological polar surface area (TPSA) is 99.5 Å². The van der Waals surface area contributed by atoms with Crippen LogP contribution >= 0.6 is 23.4 Å². The molecule has 1 N–H and O–H groups in total. The van der Waals surface area contributed by atoms with Crippen LogP contribution in [-0.4, -0.2) is 42.1 Å². The van der Waals surface area contributed by atoms with Gasteiger partial charge < -0.3 is 15.0 Å². The van der Waals surface area contributed by atoms with E-state index in [1.165, 1.54) is 7.11 Å². The SMILES string of the molecule is CCN(C(=O)CSC1=C(C#N)C(c2ccccc2Cl)C(C(=O)OC)C(=O)N1)C1=CCCC1. The zero-order chi connectivity index (χ0) is 23.3. The molecule has 1 aromatic carbocycles. The Morgan fingerprint density at radius 2 is 2.12 bits per heavy atom. The molecule has 2 unspecified atom stereocenters. The molecule has 0 bridgehead atoms. The molecule has 1 heterocycles. The predicted octanol–water partition coefficient (Wildman–Crippen LogP) is 3.73. The summed E-state index contributed by atoms with van der Waals surface area (Å²) in [5.74, 6) is -3.58. The van der Waals surface area contributed by atoms with Crippen LogP contribution in [0.2, 0.25) is 5.02 Å². The maximum absolute atomic E-state index is 12.9. The lowest BCUT2D eigenvalue weighted by Gasteiger charge is -2.31. The van der Waals surface area contributed by atoms with Crippen molar-refractivity contribution < 1.29 is 19.1 Å². The number of ether oxygens (including phenoxy) is 1. The Morgan fingerprint density at radius 3 is 2.72 bits per heavy atom. The van der Waals surface area contributed by atoms with Crippen LogP contribution < -0.4 is 5.32 Å². The van der Waals surface area contributed by atoms with Crippen molar-refractivity contribution in [3.8, 4) is 6.07 Å². The van der Waals surface area contributed by atoms with Crippen LogP contribution in [0.15, 0.2) is 46.6 Å². The highest BCUT2D eigenvalue weighted by atomic mass is 35.5. The Kier molecular flexibility index (Phi) is 7.99. The number of benzene rings is 1. The van der Waals surface area contributed by atoms with E-state index in [-0.39, 0.29) is 22.3 Å². The van der Waals surface area contributed by atoms with Gasteiger partial charge >= 0.3 is 5.97 Å². The number of hydrogen-bond acceptors (Lipinski definition) is 6. The van der Waals surface area contributed by atoms with Crippen LogP contribution in [0.3, 0.4) is 0 Å². The molecular weight excluding hydrogens is 450 g/mol. The van der Waals surface area contributed by atoms with Gasteiger partial charge in [0.15, 0.2) is 0 Å². The lowest BCUT2D eigenvalue weighted by Crippen LogP contribution is -2.44. The number of halogens is 1. The Hall–Kier alpha value is -2.76. The maximum atomic E-state index is 12.9. The minimum absolute atomic E-state index is 0.0457. The predicted molar refractivity (Wildman–Crippen MR) is 122 cm³/mol. The summed E-state index contributed by atoms with van der Waals surface area (Å²) < 4.78 is 4.83. The molecule has 0 radical (unpaired) electrons. The first kappa shape index (κ1) is 23.9. The fraction of sp³-hybridized carbons (Fsp3) is 0.391. The smallest absolute Gasteiger partial charge is 0.319 e. The van der Waals surface area contributed by atoms with E-state index in [2.05, 4.69) is 17.5 Å². The minimum Gasteiger partial charge on any atom is -0.468 e. The number of esters is 1. The number of nitriles is 1. The molecule has 2 atom stereocenters. The molecule has 1 aliphatic carbocycles.